The molecule has 2 N–H and O–H groups in total. The summed E-state index contributed by atoms with van der Waals surface area (Å²) in [6, 6.07) is 31.6. The maximum absolute atomic E-state index is 10.5. The fraction of sp³-hybridized carbons (Fsp3) is 0.182. The van der Waals surface area contributed by atoms with Crippen LogP contribution in [0.15, 0.2) is 113 Å². The highest BCUT2D eigenvalue weighted by atomic mass is 16.5. The van der Waals surface area contributed by atoms with Crippen molar-refractivity contribution in [1.82, 2.24) is 4.57 Å². The first-order valence-electron chi connectivity index (χ1n) is 17.4. The van der Waals surface area contributed by atoms with Crippen molar-refractivity contribution in [3.05, 3.63) is 136 Å². The molecular weight excluding hydrogens is 617 g/mol. The highest BCUT2D eigenvalue weighted by Crippen LogP contribution is 2.52. The molecule has 0 saturated carbocycles. The lowest BCUT2D eigenvalue weighted by Gasteiger charge is -2.31. The first-order chi connectivity index (χ1) is 24.6. The minimum atomic E-state index is -0.0722. The van der Waals surface area contributed by atoms with E-state index in [4.69, 9.17) is 14.9 Å². The summed E-state index contributed by atoms with van der Waals surface area (Å²) < 4.78 is 15.6. The molecule has 0 bridgehead atoms. The second kappa shape index (κ2) is 10.9. The number of nitriles is 2. The van der Waals surface area contributed by atoms with Crippen molar-refractivity contribution in [1.29, 1.82) is 10.5 Å². The van der Waals surface area contributed by atoms with Crippen molar-refractivity contribution in [2.24, 2.45) is 5.92 Å². The van der Waals surface area contributed by atoms with Gasteiger partial charge in [-0.2, -0.15) is 10.5 Å². The molecule has 2 unspecified atom stereocenters. The third-order valence-corrected chi connectivity index (χ3v) is 11.1. The Bertz CT molecular complexity index is 2670. The molecule has 6 heteroatoms. The number of ether oxygens (including phenoxy) is 1. The number of para-hydroxylation sites is 1. The molecule has 4 aromatic carbocycles. The first-order valence-corrected chi connectivity index (χ1v) is 17.4. The number of nitrogens with two attached hydrogens (primary N) is 1. The van der Waals surface area contributed by atoms with Crippen LogP contribution in [-0.4, -0.2) is 10.7 Å². The van der Waals surface area contributed by atoms with E-state index in [2.05, 4.69) is 71.3 Å². The number of anilines is 1. The molecular formula is C44H32N4O2. The third-order valence-electron chi connectivity index (χ3n) is 11.1. The van der Waals surface area contributed by atoms with Crippen molar-refractivity contribution in [3.63, 3.8) is 0 Å². The van der Waals surface area contributed by atoms with Crippen LogP contribution in [0.4, 0.5) is 5.69 Å². The highest BCUT2D eigenvalue weighted by molar-refractivity contribution is 6.11. The smallest absolute Gasteiger partial charge is 0.177 e. The number of hydrogen-bond acceptors (Lipinski definition) is 5. The molecule has 4 aliphatic rings. The van der Waals surface area contributed by atoms with Gasteiger partial charge in [0.15, 0.2) is 11.3 Å². The van der Waals surface area contributed by atoms with Gasteiger partial charge >= 0.3 is 0 Å². The van der Waals surface area contributed by atoms with Gasteiger partial charge < -0.3 is 19.5 Å². The van der Waals surface area contributed by atoms with Crippen molar-refractivity contribution in [3.8, 4) is 17.9 Å². The summed E-state index contributed by atoms with van der Waals surface area (Å²) in [5.74, 6) is 2.13. The quantitative estimate of drug-likeness (QED) is 0.152. The molecule has 3 heterocycles. The predicted molar refractivity (Wildman–Crippen MR) is 198 cm³/mol. The van der Waals surface area contributed by atoms with Gasteiger partial charge in [0.05, 0.1) is 40.0 Å². The molecule has 0 spiro atoms. The Kier molecular flexibility index (Phi) is 6.26. The van der Waals surface area contributed by atoms with E-state index < -0.39 is 0 Å². The SMILES string of the molecule is N#CC1=C(n2c3ccccc3c3cc(C#N)ccc32)C([C@@H]2C=CC3Oc4c(ccc5c6c(oc45)CCC(c4cccc(N)c4)=C6)C3C2)=CCC1. The van der Waals surface area contributed by atoms with E-state index >= 15 is 0 Å². The van der Waals surface area contributed by atoms with Crippen molar-refractivity contribution < 1.29 is 9.15 Å². The number of aromatic nitrogens is 1. The number of nitrogen functional groups attached to an aromatic ring is 1. The Morgan fingerprint density at radius 3 is 2.60 bits per heavy atom. The minimum absolute atomic E-state index is 0.0722. The summed E-state index contributed by atoms with van der Waals surface area (Å²) >= 11 is 0. The zero-order chi connectivity index (χ0) is 33.5. The molecule has 2 aromatic heterocycles. The van der Waals surface area contributed by atoms with Crippen LogP contribution in [-0.2, 0) is 6.42 Å². The molecule has 0 radical (unpaired) electrons. The van der Waals surface area contributed by atoms with Gasteiger partial charge in [-0.1, -0.05) is 48.6 Å². The van der Waals surface area contributed by atoms with Gasteiger partial charge in [-0.15, -0.1) is 0 Å². The molecule has 0 fully saturated rings. The number of benzene rings is 4. The van der Waals surface area contributed by atoms with Crippen molar-refractivity contribution in [2.75, 3.05) is 5.73 Å². The van der Waals surface area contributed by atoms with E-state index in [0.29, 0.717) is 12.0 Å². The Labute approximate surface area is 289 Å². The van der Waals surface area contributed by atoms with Crippen LogP contribution in [0.1, 0.15) is 59.6 Å². The van der Waals surface area contributed by atoms with Crippen molar-refractivity contribution in [2.45, 2.75) is 44.1 Å². The van der Waals surface area contributed by atoms with Crippen LogP contribution >= 0.6 is 0 Å². The van der Waals surface area contributed by atoms with Gasteiger partial charge in [0.2, 0.25) is 0 Å². The van der Waals surface area contributed by atoms with Crippen LogP contribution in [0.5, 0.6) is 5.75 Å². The highest BCUT2D eigenvalue weighted by Gasteiger charge is 2.41. The van der Waals surface area contributed by atoms with E-state index in [1.165, 1.54) is 16.7 Å². The Morgan fingerprint density at radius 2 is 1.72 bits per heavy atom. The Balaban J connectivity index is 1.04. The fourth-order valence-electron chi connectivity index (χ4n) is 8.84. The van der Waals surface area contributed by atoms with E-state index in [9.17, 15) is 10.5 Å². The van der Waals surface area contributed by atoms with Gasteiger partial charge in [-0.05, 0) is 97.0 Å². The number of hydrogen-bond donors (Lipinski definition) is 1. The molecule has 0 saturated heterocycles. The van der Waals surface area contributed by atoms with Crippen LogP contribution in [0.25, 0.3) is 50.1 Å². The zero-order valence-corrected chi connectivity index (χ0v) is 27.3. The second-order valence-electron chi connectivity index (χ2n) is 13.8. The van der Waals surface area contributed by atoms with E-state index in [1.54, 1.807) is 0 Å². The average Bonchev–Trinajstić information content (AvgIpc) is 3.83. The van der Waals surface area contributed by atoms with Crippen LogP contribution in [0.2, 0.25) is 0 Å². The normalized spacial score (nSPS) is 20.9. The Morgan fingerprint density at radius 1 is 0.820 bits per heavy atom. The number of aryl methyl sites for hydroxylation is 1. The number of furan rings is 1. The minimum Gasteiger partial charge on any atom is -0.481 e. The lowest BCUT2D eigenvalue weighted by molar-refractivity contribution is 0.236. The third kappa shape index (κ3) is 4.18. The van der Waals surface area contributed by atoms with Gasteiger partial charge in [0, 0.05) is 51.2 Å². The van der Waals surface area contributed by atoms with Gasteiger partial charge in [-0.25, -0.2) is 0 Å². The van der Waals surface area contributed by atoms with E-state index in [1.807, 2.05) is 48.5 Å². The summed E-state index contributed by atoms with van der Waals surface area (Å²) in [6.07, 6.45) is 13.1. The number of allylic oxidation sites excluding steroid dienone is 6. The lowest BCUT2D eigenvalue weighted by atomic mass is 9.76. The summed E-state index contributed by atoms with van der Waals surface area (Å²) in [7, 11) is 0. The molecule has 240 valence electrons. The molecule has 3 atom stereocenters. The van der Waals surface area contributed by atoms with Crippen LogP contribution in [0.3, 0.4) is 0 Å². The predicted octanol–water partition coefficient (Wildman–Crippen LogP) is 10.1. The Hall–Kier alpha value is -6.24. The van der Waals surface area contributed by atoms with Crippen LogP contribution < -0.4 is 10.5 Å². The largest absolute Gasteiger partial charge is 0.481 e. The molecule has 6 aromatic rings. The van der Waals surface area contributed by atoms with Gasteiger partial charge in [0.1, 0.15) is 11.9 Å². The van der Waals surface area contributed by atoms with Gasteiger partial charge in [-0.3, -0.25) is 0 Å². The molecule has 3 aliphatic carbocycles. The zero-order valence-electron chi connectivity index (χ0n) is 27.3. The number of fused-ring (bicyclic) bond motifs is 10. The monoisotopic (exact) mass is 648 g/mol. The summed E-state index contributed by atoms with van der Waals surface area (Å²) in [4.78, 5) is 0. The van der Waals surface area contributed by atoms with Gasteiger partial charge in [0.25, 0.3) is 0 Å². The second-order valence-corrected chi connectivity index (χ2v) is 13.8. The first kappa shape index (κ1) is 28.7. The summed E-state index contributed by atoms with van der Waals surface area (Å²) in [5, 5.41) is 23.4. The molecule has 1 aliphatic heterocycles. The molecule has 6 nitrogen and oxygen atoms in total. The number of rotatable bonds is 3. The summed E-state index contributed by atoms with van der Waals surface area (Å²) in [5.41, 5.74) is 18.1. The lowest BCUT2D eigenvalue weighted by Crippen LogP contribution is -2.25. The topological polar surface area (TPSA) is 101 Å². The average molecular weight is 649 g/mol. The standard InChI is InChI=1S/C44H32N4O2/c45-23-25-11-16-39-35(19-25)32-8-1-2-10-38(32)48(39)42-29(24-46)6-4-9-31(42)28-13-18-41-37(22-28)34-15-14-33-36-21-27(26-5-3-7-30(47)20-26)12-17-40(36)49-43(33)44(34)50-41/h1-3,5,7-11,13-16,18-21,28,37,41H,4,6,12,17,22,47H2/t28-,37?,41?/m1/s1. The molecule has 10 rings (SSSR count). The van der Waals surface area contributed by atoms with Crippen LogP contribution in [0, 0.1) is 28.6 Å². The maximum atomic E-state index is 10.5. The molecule has 0 amide bonds. The van der Waals surface area contributed by atoms with E-state index in [0.717, 1.165) is 98.1 Å². The van der Waals surface area contributed by atoms with Crippen molar-refractivity contribution >= 4 is 55.8 Å². The molecule has 50 heavy (non-hydrogen) atoms. The summed E-state index contributed by atoms with van der Waals surface area (Å²) in [6.45, 7) is 0. The number of nitrogens with zero attached hydrogens (tertiary/aromatic N) is 3. The van der Waals surface area contributed by atoms with E-state index in [-0.39, 0.29) is 17.9 Å². The maximum Gasteiger partial charge on any atom is 0.177 e. The fourth-order valence-corrected chi connectivity index (χ4v) is 8.84.